The summed E-state index contributed by atoms with van der Waals surface area (Å²) < 4.78 is 5.10. The maximum Gasteiger partial charge on any atom is 0.0468 e. The second kappa shape index (κ2) is 6.38. The monoisotopic (exact) mass is 201 g/mol. The Morgan fingerprint density at radius 1 is 1.36 bits per heavy atom. The zero-order valence-corrected chi connectivity index (χ0v) is 9.22. The summed E-state index contributed by atoms with van der Waals surface area (Å²) in [6.07, 6.45) is 5.89. The van der Waals surface area contributed by atoms with E-state index in [0.29, 0.717) is 12.0 Å². The van der Waals surface area contributed by atoms with Gasteiger partial charge < -0.3 is 15.2 Å². The highest BCUT2D eigenvalue weighted by Gasteiger charge is 2.41. The van der Waals surface area contributed by atoms with E-state index in [0.717, 1.165) is 32.5 Å². The normalized spacial score (nSPS) is 18.4. The highest BCUT2D eigenvalue weighted by atomic mass is 16.5. The zero-order valence-electron chi connectivity index (χ0n) is 9.22. The summed E-state index contributed by atoms with van der Waals surface area (Å²) in [5.74, 6) is 0. The van der Waals surface area contributed by atoms with Crippen molar-refractivity contribution in [1.29, 1.82) is 0 Å². The molecule has 3 nitrogen and oxygen atoms in total. The van der Waals surface area contributed by atoms with Gasteiger partial charge in [-0.3, -0.25) is 0 Å². The third-order valence-electron chi connectivity index (χ3n) is 3.06. The van der Waals surface area contributed by atoms with Crippen molar-refractivity contribution in [3.8, 4) is 0 Å². The molecule has 0 aliphatic heterocycles. The van der Waals surface area contributed by atoms with Crippen molar-refractivity contribution < 1.29 is 9.84 Å². The van der Waals surface area contributed by atoms with Crippen LogP contribution in [-0.2, 0) is 4.74 Å². The molecule has 0 aromatic heterocycles. The van der Waals surface area contributed by atoms with Gasteiger partial charge in [0.1, 0.15) is 0 Å². The summed E-state index contributed by atoms with van der Waals surface area (Å²) >= 11 is 0. The molecule has 1 saturated carbocycles. The molecule has 0 amide bonds. The molecule has 1 rings (SSSR count). The van der Waals surface area contributed by atoms with E-state index in [2.05, 4.69) is 5.32 Å². The van der Waals surface area contributed by atoms with Gasteiger partial charge in [0.25, 0.3) is 0 Å². The van der Waals surface area contributed by atoms with Gasteiger partial charge in [0.2, 0.25) is 0 Å². The molecule has 0 saturated heterocycles. The molecule has 3 heteroatoms. The molecule has 0 aromatic rings. The Bertz CT molecular complexity index is 146. The lowest BCUT2D eigenvalue weighted by Gasteiger charge is -2.15. The minimum atomic E-state index is 0.316. The molecule has 14 heavy (non-hydrogen) atoms. The fourth-order valence-corrected chi connectivity index (χ4v) is 1.73. The quantitative estimate of drug-likeness (QED) is 0.550. The van der Waals surface area contributed by atoms with E-state index in [-0.39, 0.29) is 0 Å². The van der Waals surface area contributed by atoms with E-state index in [1.807, 2.05) is 0 Å². The van der Waals surface area contributed by atoms with Crippen LogP contribution in [0.3, 0.4) is 0 Å². The Labute approximate surface area is 86.8 Å². The molecule has 1 fully saturated rings. The molecule has 0 unspecified atom stereocenters. The molecule has 0 radical (unpaired) electrons. The molecule has 0 heterocycles. The van der Waals surface area contributed by atoms with Gasteiger partial charge in [-0.1, -0.05) is 0 Å². The van der Waals surface area contributed by atoms with E-state index in [9.17, 15) is 0 Å². The van der Waals surface area contributed by atoms with E-state index in [1.54, 1.807) is 7.11 Å². The summed E-state index contributed by atoms with van der Waals surface area (Å²) in [5.41, 5.74) is 0.551. The fraction of sp³-hybridized carbons (Fsp3) is 1.00. The number of hydrogen-bond donors (Lipinski definition) is 2. The molecule has 1 aliphatic rings. The first kappa shape index (κ1) is 12.0. The number of ether oxygens (including phenoxy) is 1. The van der Waals surface area contributed by atoms with E-state index in [1.165, 1.54) is 19.3 Å². The van der Waals surface area contributed by atoms with Gasteiger partial charge in [0.15, 0.2) is 0 Å². The Balaban J connectivity index is 1.94. The van der Waals surface area contributed by atoms with E-state index < -0.39 is 0 Å². The van der Waals surface area contributed by atoms with Gasteiger partial charge in [-0.25, -0.2) is 0 Å². The van der Waals surface area contributed by atoms with Crippen LogP contribution in [0.5, 0.6) is 0 Å². The number of aliphatic hydroxyl groups is 1. The predicted octanol–water partition coefficient (Wildman–Crippen LogP) is 1.17. The molecule has 0 aromatic carbocycles. The highest BCUT2D eigenvalue weighted by Crippen LogP contribution is 2.48. The topological polar surface area (TPSA) is 41.5 Å². The summed E-state index contributed by atoms with van der Waals surface area (Å²) in [6.45, 7) is 3.37. The van der Waals surface area contributed by atoms with Crippen LogP contribution in [0.1, 0.15) is 32.1 Å². The van der Waals surface area contributed by atoms with E-state index in [4.69, 9.17) is 9.84 Å². The summed E-state index contributed by atoms with van der Waals surface area (Å²) in [6, 6.07) is 0. The third-order valence-corrected chi connectivity index (χ3v) is 3.06. The molecular weight excluding hydrogens is 178 g/mol. The minimum absolute atomic E-state index is 0.316. The van der Waals surface area contributed by atoms with Gasteiger partial charge in [-0.15, -0.1) is 0 Å². The molecular formula is C11H23NO2. The second-order valence-electron chi connectivity index (χ2n) is 4.35. The smallest absolute Gasteiger partial charge is 0.0468 e. The van der Waals surface area contributed by atoms with Crippen molar-refractivity contribution in [3.63, 3.8) is 0 Å². The highest BCUT2D eigenvalue weighted by molar-refractivity contribution is 4.94. The van der Waals surface area contributed by atoms with Crippen LogP contribution in [0.2, 0.25) is 0 Å². The van der Waals surface area contributed by atoms with Gasteiger partial charge in [-0.2, -0.15) is 0 Å². The van der Waals surface area contributed by atoms with Crippen molar-refractivity contribution in [2.75, 3.05) is 33.4 Å². The lowest BCUT2D eigenvalue weighted by atomic mass is 10.0. The molecule has 0 bridgehead atoms. The number of unbranched alkanes of at least 4 members (excludes halogenated alkanes) is 1. The average Bonchev–Trinajstić information content (AvgIpc) is 2.96. The standard InChI is InChI=1S/C11H23NO2/c1-14-9-6-11(4-5-11)10-12-7-2-3-8-13/h12-13H,2-10H2,1H3. The maximum atomic E-state index is 8.61. The number of hydrogen-bond acceptors (Lipinski definition) is 3. The number of methoxy groups -OCH3 is 1. The molecule has 1 aliphatic carbocycles. The van der Waals surface area contributed by atoms with Crippen LogP contribution in [-0.4, -0.2) is 38.5 Å². The average molecular weight is 201 g/mol. The third kappa shape index (κ3) is 4.40. The van der Waals surface area contributed by atoms with Crippen LogP contribution in [0.25, 0.3) is 0 Å². The first-order valence-electron chi connectivity index (χ1n) is 5.63. The van der Waals surface area contributed by atoms with Gasteiger partial charge in [-0.05, 0) is 44.1 Å². The van der Waals surface area contributed by atoms with Gasteiger partial charge in [0.05, 0.1) is 0 Å². The first-order valence-corrected chi connectivity index (χ1v) is 5.63. The van der Waals surface area contributed by atoms with Crippen molar-refractivity contribution in [3.05, 3.63) is 0 Å². The molecule has 84 valence electrons. The first-order chi connectivity index (χ1) is 6.83. The lowest BCUT2D eigenvalue weighted by Crippen LogP contribution is -2.26. The molecule has 0 spiro atoms. The number of nitrogens with one attached hydrogen (secondary N) is 1. The summed E-state index contributed by atoms with van der Waals surface area (Å²) in [5, 5.41) is 12.1. The van der Waals surface area contributed by atoms with Crippen LogP contribution in [0.15, 0.2) is 0 Å². The zero-order chi connectivity index (χ0) is 10.3. The van der Waals surface area contributed by atoms with Crippen molar-refractivity contribution in [2.24, 2.45) is 5.41 Å². The van der Waals surface area contributed by atoms with Crippen LogP contribution in [0.4, 0.5) is 0 Å². The summed E-state index contributed by atoms with van der Waals surface area (Å²) in [4.78, 5) is 0. The van der Waals surface area contributed by atoms with Crippen molar-refractivity contribution in [1.82, 2.24) is 5.32 Å². The SMILES string of the molecule is COCCC1(CNCCCCO)CC1. The minimum Gasteiger partial charge on any atom is -0.396 e. The molecule has 0 atom stereocenters. The van der Waals surface area contributed by atoms with Crippen LogP contribution < -0.4 is 5.32 Å². The Morgan fingerprint density at radius 2 is 2.14 bits per heavy atom. The van der Waals surface area contributed by atoms with Crippen molar-refractivity contribution >= 4 is 0 Å². The van der Waals surface area contributed by atoms with Gasteiger partial charge >= 0.3 is 0 Å². The lowest BCUT2D eigenvalue weighted by molar-refractivity contribution is 0.171. The largest absolute Gasteiger partial charge is 0.396 e. The van der Waals surface area contributed by atoms with Gasteiger partial charge in [0, 0.05) is 26.9 Å². The Kier molecular flexibility index (Phi) is 5.45. The predicted molar refractivity (Wildman–Crippen MR) is 57.3 cm³/mol. The van der Waals surface area contributed by atoms with Crippen LogP contribution >= 0.6 is 0 Å². The second-order valence-corrected chi connectivity index (χ2v) is 4.35. The Morgan fingerprint density at radius 3 is 2.71 bits per heavy atom. The maximum absolute atomic E-state index is 8.61. The van der Waals surface area contributed by atoms with Crippen molar-refractivity contribution in [2.45, 2.75) is 32.1 Å². The van der Waals surface area contributed by atoms with Crippen LogP contribution in [0, 0.1) is 5.41 Å². The number of rotatable bonds is 9. The fourth-order valence-electron chi connectivity index (χ4n) is 1.73. The molecule has 2 N–H and O–H groups in total. The van der Waals surface area contributed by atoms with E-state index >= 15 is 0 Å². The number of aliphatic hydroxyl groups excluding tert-OH is 1. The summed E-state index contributed by atoms with van der Waals surface area (Å²) in [7, 11) is 1.77. The Hall–Kier alpha value is -0.120.